The van der Waals surface area contributed by atoms with E-state index in [-0.39, 0.29) is 37.2 Å². The first-order chi connectivity index (χ1) is 16.1. The number of ketones is 1. The molecule has 0 saturated carbocycles. The number of carbonyl (C=O) groups is 3. The summed E-state index contributed by atoms with van der Waals surface area (Å²) in [5.74, 6) is 1.25. The molecule has 3 aromatic rings. The average Bonchev–Trinajstić information content (AvgIpc) is 3.37. The highest BCUT2D eigenvalue weighted by Gasteiger charge is 2.26. The zero-order valence-electron chi connectivity index (χ0n) is 18.0. The molecule has 4 rings (SSSR count). The van der Waals surface area contributed by atoms with Crippen LogP contribution in [-0.2, 0) is 16.1 Å². The minimum Gasteiger partial charge on any atom is -0.485 e. The van der Waals surface area contributed by atoms with Crippen LogP contribution in [0.15, 0.2) is 71.3 Å². The van der Waals surface area contributed by atoms with E-state index in [1.807, 2.05) is 18.2 Å². The van der Waals surface area contributed by atoms with Crippen LogP contribution < -0.4 is 19.7 Å². The van der Waals surface area contributed by atoms with Gasteiger partial charge in [-0.2, -0.15) is 0 Å². The fourth-order valence-corrected chi connectivity index (χ4v) is 3.45. The van der Waals surface area contributed by atoms with Gasteiger partial charge in [0.05, 0.1) is 18.5 Å². The molecule has 0 radical (unpaired) electrons. The second-order valence-corrected chi connectivity index (χ2v) is 7.50. The third-order valence-corrected chi connectivity index (χ3v) is 5.16. The number of furan rings is 1. The van der Waals surface area contributed by atoms with Crippen molar-refractivity contribution in [3.8, 4) is 11.5 Å². The number of amides is 2. The fourth-order valence-electron chi connectivity index (χ4n) is 3.45. The van der Waals surface area contributed by atoms with Crippen molar-refractivity contribution in [3.05, 3.63) is 78.3 Å². The quantitative estimate of drug-likeness (QED) is 0.478. The smallest absolute Gasteiger partial charge is 0.265 e. The summed E-state index contributed by atoms with van der Waals surface area (Å²) in [5, 5.41) is 2.79. The van der Waals surface area contributed by atoms with E-state index >= 15 is 0 Å². The van der Waals surface area contributed by atoms with Crippen LogP contribution in [0.25, 0.3) is 0 Å². The Balaban J connectivity index is 1.35. The van der Waals surface area contributed by atoms with Crippen molar-refractivity contribution in [1.29, 1.82) is 0 Å². The van der Waals surface area contributed by atoms with Crippen molar-refractivity contribution in [3.63, 3.8) is 0 Å². The highest BCUT2D eigenvalue weighted by atomic mass is 16.5. The largest absolute Gasteiger partial charge is 0.485 e. The highest BCUT2D eigenvalue weighted by molar-refractivity contribution is 6.02. The first-order valence-electron chi connectivity index (χ1n) is 10.7. The highest BCUT2D eigenvalue weighted by Crippen LogP contribution is 2.33. The summed E-state index contributed by atoms with van der Waals surface area (Å²) in [7, 11) is 0. The Morgan fingerprint density at radius 2 is 1.91 bits per heavy atom. The van der Waals surface area contributed by atoms with Crippen LogP contribution in [0.2, 0.25) is 0 Å². The molecule has 1 N–H and O–H groups in total. The lowest BCUT2D eigenvalue weighted by atomic mass is 10.1. The minimum atomic E-state index is -0.219. The van der Waals surface area contributed by atoms with Gasteiger partial charge in [0.25, 0.3) is 5.91 Å². The third kappa shape index (κ3) is 5.79. The van der Waals surface area contributed by atoms with Crippen LogP contribution >= 0.6 is 0 Å². The van der Waals surface area contributed by atoms with E-state index < -0.39 is 0 Å². The number of fused-ring (bicyclic) bond motifs is 1. The van der Waals surface area contributed by atoms with Crippen LogP contribution in [0.3, 0.4) is 0 Å². The normalized spacial score (nSPS) is 12.6. The molecule has 8 nitrogen and oxygen atoms in total. The van der Waals surface area contributed by atoms with E-state index in [9.17, 15) is 14.4 Å². The van der Waals surface area contributed by atoms with Crippen LogP contribution in [-0.4, -0.2) is 37.4 Å². The zero-order chi connectivity index (χ0) is 23.0. The SMILES string of the molecule is O=C(CCCN1C(=O)COc2ccc(C(=O)COc3ccccc3)cc21)NCc1ccco1. The van der Waals surface area contributed by atoms with E-state index in [1.165, 1.54) is 0 Å². The maximum absolute atomic E-state index is 12.6. The number of ether oxygens (including phenoxy) is 2. The maximum atomic E-state index is 12.6. The van der Waals surface area contributed by atoms with Crippen LogP contribution in [0, 0.1) is 0 Å². The molecule has 0 fully saturated rings. The fraction of sp³-hybridized carbons (Fsp3) is 0.240. The topological polar surface area (TPSA) is 98.1 Å². The minimum absolute atomic E-state index is 0.0812. The van der Waals surface area contributed by atoms with Gasteiger partial charge in [-0.05, 0) is 48.9 Å². The van der Waals surface area contributed by atoms with Crippen LogP contribution in [0.4, 0.5) is 5.69 Å². The van der Waals surface area contributed by atoms with Gasteiger partial charge in [-0.1, -0.05) is 18.2 Å². The maximum Gasteiger partial charge on any atom is 0.265 e. The Morgan fingerprint density at radius 1 is 1.06 bits per heavy atom. The van der Waals surface area contributed by atoms with Crippen LogP contribution in [0.1, 0.15) is 29.0 Å². The molecule has 0 bridgehead atoms. The lowest BCUT2D eigenvalue weighted by Crippen LogP contribution is -2.40. The van der Waals surface area contributed by atoms with Gasteiger partial charge in [0.1, 0.15) is 17.3 Å². The molecule has 0 atom stereocenters. The number of hydrogen-bond donors (Lipinski definition) is 1. The lowest BCUT2D eigenvalue weighted by molar-refractivity contribution is -0.123. The van der Waals surface area contributed by atoms with Gasteiger partial charge in [-0.25, -0.2) is 0 Å². The number of rotatable bonds is 10. The summed E-state index contributed by atoms with van der Waals surface area (Å²) >= 11 is 0. The molecule has 0 unspecified atom stereocenters. The predicted octanol–water partition coefficient (Wildman–Crippen LogP) is 3.36. The molecule has 2 aromatic carbocycles. The number of anilines is 1. The lowest BCUT2D eigenvalue weighted by Gasteiger charge is -2.29. The van der Waals surface area contributed by atoms with E-state index in [2.05, 4.69) is 5.32 Å². The molecule has 33 heavy (non-hydrogen) atoms. The van der Waals surface area contributed by atoms with Crippen molar-refractivity contribution in [2.75, 3.05) is 24.7 Å². The standard InChI is InChI=1S/C25H24N2O6/c28-22(16-32-19-6-2-1-3-7-19)18-10-11-23-21(14-18)27(25(30)17-33-23)12-4-9-24(29)26-15-20-8-5-13-31-20/h1-3,5-8,10-11,13-14H,4,9,12,15-17H2,(H,26,29). The van der Waals surface area contributed by atoms with Gasteiger partial charge in [-0.3, -0.25) is 14.4 Å². The monoisotopic (exact) mass is 448 g/mol. The van der Waals surface area contributed by atoms with E-state index in [4.69, 9.17) is 13.9 Å². The van der Waals surface area contributed by atoms with Gasteiger partial charge in [-0.15, -0.1) is 0 Å². The molecule has 0 spiro atoms. The second kappa shape index (κ2) is 10.5. The second-order valence-electron chi connectivity index (χ2n) is 7.50. The summed E-state index contributed by atoms with van der Waals surface area (Å²) in [6, 6.07) is 17.6. The summed E-state index contributed by atoms with van der Waals surface area (Å²) < 4.78 is 16.2. The van der Waals surface area contributed by atoms with E-state index in [1.54, 1.807) is 53.6 Å². The Hall–Kier alpha value is -4.07. The molecule has 1 aromatic heterocycles. The van der Waals surface area contributed by atoms with Gasteiger partial charge in [0, 0.05) is 18.5 Å². The van der Waals surface area contributed by atoms with Gasteiger partial charge >= 0.3 is 0 Å². The molecule has 2 heterocycles. The number of Topliss-reactive ketones (excluding diaryl/α,β-unsaturated/α-hetero) is 1. The third-order valence-electron chi connectivity index (χ3n) is 5.16. The van der Waals surface area contributed by atoms with Crippen molar-refractivity contribution >= 4 is 23.3 Å². The molecule has 8 heteroatoms. The molecule has 0 aliphatic carbocycles. The molecular formula is C25H24N2O6. The first-order valence-corrected chi connectivity index (χ1v) is 10.7. The summed E-state index contributed by atoms with van der Waals surface area (Å²) in [6.07, 6.45) is 2.27. The van der Waals surface area contributed by atoms with E-state index in [0.29, 0.717) is 48.0 Å². The first kappa shape index (κ1) is 22.1. The number of nitrogens with zero attached hydrogens (tertiary/aromatic N) is 1. The summed E-state index contributed by atoms with van der Waals surface area (Å²) in [6.45, 7) is 0.457. The number of para-hydroxylation sites is 1. The summed E-state index contributed by atoms with van der Waals surface area (Å²) in [5.41, 5.74) is 0.942. The van der Waals surface area contributed by atoms with Crippen molar-refractivity contribution < 1.29 is 28.3 Å². The van der Waals surface area contributed by atoms with Crippen molar-refractivity contribution in [2.24, 2.45) is 0 Å². The Morgan fingerprint density at radius 3 is 2.70 bits per heavy atom. The Labute approximate surface area is 191 Å². The number of nitrogens with one attached hydrogen (secondary N) is 1. The summed E-state index contributed by atoms with van der Waals surface area (Å²) in [4.78, 5) is 38.8. The molecule has 0 saturated heterocycles. The predicted molar refractivity (Wildman–Crippen MR) is 120 cm³/mol. The van der Waals surface area contributed by atoms with Crippen molar-refractivity contribution in [1.82, 2.24) is 5.32 Å². The zero-order valence-corrected chi connectivity index (χ0v) is 18.0. The Bertz CT molecular complexity index is 1110. The van der Waals surface area contributed by atoms with Gasteiger partial charge in [0.2, 0.25) is 5.91 Å². The average molecular weight is 448 g/mol. The molecule has 1 aliphatic rings. The van der Waals surface area contributed by atoms with Gasteiger partial charge < -0.3 is 24.1 Å². The number of hydrogen-bond acceptors (Lipinski definition) is 6. The number of benzene rings is 2. The molecular weight excluding hydrogens is 424 g/mol. The van der Waals surface area contributed by atoms with Gasteiger partial charge in [0.15, 0.2) is 19.0 Å². The Kier molecular flexibility index (Phi) is 7.04. The molecule has 2 amide bonds. The molecule has 1 aliphatic heterocycles. The van der Waals surface area contributed by atoms with Crippen LogP contribution in [0.5, 0.6) is 11.5 Å². The number of carbonyl (C=O) groups excluding carboxylic acids is 3. The molecule has 170 valence electrons. The van der Waals surface area contributed by atoms with Crippen molar-refractivity contribution in [2.45, 2.75) is 19.4 Å². The van der Waals surface area contributed by atoms with E-state index in [0.717, 1.165) is 0 Å².